The van der Waals surface area contributed by atoms with Gasteiger partial charge in [-0.15, -0.1) is 0 Å². The molecule has 0 aliphatic heterocycles. The summed E-state index contributed by atoms with van der Waals surface area (Å²) in [7, 11) is 0. The Morgan fingerprint density at radius 1 is 0.556 bits per heavy atom. The summed E-state index contributed by atoms with van der Waals surface area (Å²) in [4.78, 5) is 4.18. The molecule has 0 aliphatic rings. The van der Waals surface area contributed by atoms with E-state index in [1.54, 1.807) is 0 Å². The predicted molar refractivity (Wildman–Crippen MR) is 76.8 cm³/mol. The van der Waals surface area contributed by atoms with Crippen molar-refractivity contribution in [2.75, 3.05) is 0 Å². The molecule has 1 nitrogen and oxygen atoms in total. The smallest absolute Gasteiger partial charge is 0.0346 e. The lowest BCUT2D eigenvalue weighted by atomic mass is 9.98. The Bertz CT molecular complexity index is 803. The summed E-state index contributed by atoms with van der Waals surface area (Å²) >= 11 is 0. The lowest BCUT2D eigenvalue weighted by Crippen LogP contribution is -1.81. The summed E-state index contributed by atoms with van der Waals surface area (Å²) in [6, 6.07) is 19.4. The second-order valence-corrected chi connectivity index (χ2v) is 4.54. The molecule has 1 heteroatoms. The standard InChI is InChI=1S/C17H11N/c1-2-4-14-12(3-1)5-7-17-15-9-10-18-11-13(15)6-8-16(14)17/h1-11H. The highest BCUT2D eigenvalue weighted by molar-refractivity contribution is 6.16. The van der Waals surface area contributed by atoms with Crippen LogP contribution in [0.25, 0.3) is 32.3 Å². The molecule has 0 atom stereocenters. The SMILES string of the molecule is c1ccc2c(c1)ccc1c3ccncc3ccc21. The Labute approximate surface area is 105 Å². The zero-order valence-corrected chi connectivity index (χ0v) is 9.80. The average molecular weight is 229 g/mol. The number of fused-ring (bicyclic) bond motifs is 5. The maximum absolute atomic E-state index is 4.18. The Morgan fingerprint density at radius 2 is 1.28 bits per heavy atom. The predicted octanol–water partition coefficient (Wildman–Crippen LogP) is 4.54. The highest BCUT2D eigenvalue weighted by Crippen LogP contribution is 2.30. The molecule has 0 N–H and O–H groups in total. The third-order valence-corrected chi connectivity index (χ3v) is 3.54. The summed E-state index contributed by atoms with van der Waals surface area (Å²) in [5, 5.41) is 7.68. The van der Waals surface area contributed by atoms with Crippen molar-refractivity contribution >= 4 is 32.3 Å². The molecule has 1 heterocycles. The summed E-state index contributed by atoms with van der Waals surface area (Å²) in [6.45, 7) is 0. The molecule has 0 radical (unpaired) electrons. The van der Waals surface area contributed by atoms with E-state index in [0.29, 0.717) is 0 Å². The van der Waals surface area contributed by atoms with Crippen LogP contribution in [0.2, 0.25) is 0 Å². The van der Waals surface area contributed by atoms with Gasteiger partial charge in [-0.05, 0) is 33.0 Å². The molecule has 18 heavy (non-hydrogen) atoms. The second-order valence-electron chi connectivity index (χ2n) is 4.54. The van der Waals surface area contributed by atoms with Gasteiger partial charge < -0.3 is 0 Å². The van der Waals surface area contributed by atoms with Crippen LogP contribution in [0.4, 0.5) is 0 Å². The van der Waals surface area contributed by atoms with Crippen LogP contribution in [0, 0.1) is 0 Å². The normalized spacial score (nSPS) is 11.3. The van der Waals surface area contributed by atoms with Crippen LogP contribution in [-0.2, 0) is 0 Å². The summed E-state index contributed by atoms with van der Waals surface area (Å²) in [5.74, 6) is 0. The first-order valence-electron chi connectivity index (χ1n) is 6.08. The van der Waals surface area contributed by atoms with Crippen molar-refractivity contribution in [1.82, 2.24) is 4.98 Å². The van der Waals surface area contributed by atoms with Crippen LogP contribution in [0.3, 0.4) is 0 Å². The van der Waals surface area contributed by atoms with Crippen LogP contribution in [-0.4, -0.2) is 4.98 Å². The molecule has 4 aromatic rings. The van der Waals surface area contributed by atoms with E-state index >= 15 is 0 Å². The van der Waals surface area contributed by atoms with Crippen molar-refractivity contribution in [2.24, 2.45) is 0 Å². The maximum Gasteiger partial charge on any atom is 0.0346 e. The summed E-state index contributed by atoms with van der Waals surface area (Å²) in [5.41, 5.74) is 0. The van der Waals surface area contributed by atoms with Gasteiger partial charge in [-0.3, -0.25) is 4.98 Å². The van der Waals surface area contributed by atoms with Gasteiger partial charge in [0.05, 0.1) is 0 Å². The molecule has 0 bridgehead atoms. The Hall–Kier alpha value is -2.41. The number of hydrogen-bond donors (Lipinski definition) is 0. The minimum absolute atomic E-state index is 1.19. The van der Waals surface area contributed by atoms with Crippen molar-refractivity contribution in [2.45, 2.75) is 0 Å². The van der Waals surface area contributed by atoms with Crippen molar-refractivity contribution in [3.63, 3.8) is 0 Å². The quantitative estimate of drug-likeness (QED) is 0.403. The van der Waals surface area contributed by atoms with E-state index < -0.39 is 0 Å². The molecule has 0 aliphatic carbocycles. The number of pyridine rings is 1. The first-order chi connectivity index (χ1) is 8.93. The highest BCUT2D eigenvalue weighted by Gasteiger charge is 2.03. The molecule has 0 saturated carbocycles. The average Bonchev–Trinajstić information content (AvgIpc) is 2.46. The Morgan fingerprint density at radius 3 is 2.17 bits per heavy atom. The molecule has 1 aromatic heterocycles. The van der Waals surface area contributed by atoms with Gasteiger partial charge in [0.15, 0.2) is 0 Å². The van der Waals surface area contributed by atoms with Gasteiger partial charge in [0.1, 0.15) is 0 Å². The minimum Gasteiger partial charge on any atom is -0.264 e. The first-order valence-corrected chi connectivity index (χ1v) is 6.08. The zero-order valence-electron chi connectivity index (χ0n) is 9.80. The molecule has 0 saturated heterocycles. The monoisotopic (exact) mass is 229 g/mol. The second kappa shape index (κ2) is 3.54. The van der Waals surface area contributed by atoms with E-state index in [2.05, 4.69) is 59.6 Å². The molecular weight excluding hydrogens is 218 g/mol. The highest BCUT2D eigenvalue weighted by atomic mass is 14.6. The van der Waals surface area contributed by atoms with E-state index in [1.807, 2.05) is 12.4 Å². The molecule has 3 aromatic carbocycles. The van der Waals surface area contributed by atoms with Crippen LogP contribution in [0.1, 0.15) is 0 Å². The van der Waals surface area contributed by atoms with Crippen LogP contribution in [0.15, 0.2) is 67.0 Å². The topological polar surface area (TPSA) is 12.9 Å². The van der Waals surface area contributed by atoms with Crippen LogP contribution < -0.4 is 0 Å². The number of nitrogens with zero attached hydrogens (tertiary/aromatic N) is 1. The van der Waals surface area contributed by atoms with Gasteiger partial charge in [0.25, 0.3) is 0 Å². The first kappa shape index (κ1) is 9.60. The lowest BCUT2D eigenvalue weighted by Gasteiger charge is -2.06. The Balaban J connectivity index is 2.31. The molecule has 84 valence electrons. The van der Waals surface area contributed by atoms with Crippen molar-refractivity contribution in [3.05, 3.63) is 67.0 Å². The third kappa shape index (κ3) is 1.25. The van der Waals surface area contributed by atoms with Crippen LogP contribution in [0.5, 0.6) is 0 Å². The fraction of sp³-hybridized carbons (Fsp3) is 0. The third-order valence-electron chi connectivity index (χ3n) is 3.54. The molecular formula is C17H11N. The van der Waals surface area contributed by atoms with Crippen LogP contribution >= 0.6 is 0 Å². The van der Waals surface area contributed by atoms with Crippen molar-refractivity contribution in [3.8, 4) is 0 Å². The van der Waals surface area contributed by atoms with E-state index in [0.717, 1.165) is 0 Å². The number of hydrogen-bond acceptors (Lipinski definition) is 1. The molecule has 0 unspecified atom stereocenters. The van der Waals surface area contributed by atoms with Gasteiger partial charge in [-0.2, -0.15) is 0 Å². The van der Waals surface area contributed by atoms with Gasteiger partial charge in [-0.25, -0.2) is 0 Å². The van der Waals surface area contributed by atoms with E-state index in [4.69, 9.17) is 0 Å². The van der Waals surface area contributed by atoms with E-state index in [1.165, 1.54) is 32.3 Å². The number of rotatable bonds is 0. The van der Waals surface area contributed by atoms with Gasteiger partial charge in [-0.1, -0.05) is 48.5 Å². The Kier molecular flexibility index (Phi) is 1.89. The zero-order chi connectivity index (χ0) is 11.9. The minimum atomic E-state index is 1.19. The van der Waals surface area contributed by atoms with E-state index in [9.17, 15) is 0 Å². The van der Waals surface area contributed by atoms with E-state index in [-0.39, 0.29) is 0 Å². The fourth-order valence-corrected chi connectivity index (χ4v) is 2.67. The number of aromatic nitrogens is 1. The molecule has 4 rings (SSSR count). The summed E-state index contributed by atoms with van der Waals surface area (Å²) < 4.78 is 0. The lowest BCUT2D eigenvalue weighted by molar-refractivity contribution is 1.37. The van der Waals surface area contributed by atoms with Crippen molar-refractivity contribution in [1.29, 1.82) is 0 Å². The summed E-state index contributed by atoms with van der Waals surface area (Å²) in [6.07, 6.45) is 3.78. The van der Waals surface area contributed by atoms with Gasteiger partial charge in [0, 0.05) is 17.8 Å². The largest absolute Gasteiger partial charge is 0.264 e. The fourth-order valence-electron chi connectivity index (χ4n) is 2.67. The number of benzene rings is 3. The maximum atomic E-state index is 4.18. The molecule has 0 amide bonds. The van der Waals surface area contributed by atoms with Crippen molar-refractivity contribution < 1.29 is 0 Å². The van der Waals surface area contributed by atoms with Gasteiger partial charge in [0.2, 0.25) is 0 Å². The molecule has 0 fully saturated rings. The molecule has 0 spiro atoms. The van der Waals surface area contributed by atoms with Gasteiger partial charge >= 0.3 is 0 Å².